The van der Waals surface area contributed by atoms with Crippen molar-refractivity contribution in [1.29, 1.82) is 0 Å². The van der Waals surface area contributed by atoms with E-state index in [2.05, 4.69) is 4.98 Å². The minimum Gasteiger partial charge on any atom is -0.507 e. The van der Waals surface area contributed by atoms with Crippen LogP contribution in [-0.2, 0) is 0 Å². The highest BCUT2D eigenvalue weighted by molar-refractivity contribution is 6.06. The van der Waals surface area contributed by atoms with Crippen LogP contribution in [-0.4, -0.2) is 57.9 Å². The molecule has 1 aromatic heterocycles. The predicted molar refractivity (Wildman–Crippen MR) is 102 cm³/mol. The first kappa shape index (κ1) is 17.0. The average Bonchev–Trinajstić information content (AvgIpc) is 2.73. The molecule has 0 atom stereocenters. The fourth-order valence-electron chi connectivity index (χ4n) is 3.39. The van der Waals surface area contributed by atoms with Gasteiger partial charge in [-0.25, -0.2) is 0 Å². The summed E-state index contributed by atoms with van der Waals surface area (Å²) < 4.78 is 0. The molecule has 0 radical (unpaired) electrons. The fraction of sp³-hybridized carbons (Fsp3) is 0.190. The molecular formula is C21H19N3O3. The second kappa shape index (κ2) is 7.07. The summed E-state index contributed by atoms with van der Waals surface area (Å²) in [6.45, 7) is 1.77. The van der Waals surface area contributed by atoms with Crippen molar-refractivity contribution in [2.45, 2.75) is 0 Å². The van der Waals surface area contributed by atoms with Gasteiger partial charge in [-0.2, -0.15) is 0 Å². The number of piperazine rings is 1. The number of benzene rings is 2. The highest BCUT2D eigenvalue weighted by Crippen LogP contribution is 2.21. The van der Waals surface area contributed by atoms with Crippen molar-refractivity contribution in [2.24, 2.45) is 0 Å². The maximum absolute atomic E-state index is 13.0. The number of hydrogen-bond acceptors (Lipinski definition) is 4. The van der Waals surface area contributed by atoms with Crippen molar-refractivity contribution in [2.75, 3.05) is 26.2 Å². The van der Waals surface area contributed by atoms with Crippen LogP contribution in [0.15, 0.2) is 60.8 Å². The lowest BCUT2D eigenvalue weighted by molar-refractivity contribution is 0.0534. The molecular weight excluding hydrogens is 342 g/mol. The van der Waals surface area contributed by atoms with Crippen LogP contribution in [0.25, 0.3) is 10.9 Å². The molecule has 2 amide bonds. The standard InChI is InChI=1S/C21H19N3O3/c25-19-8-4-2-6-17(19)21(27)24-13-11-23(12-14-24)20(26)16-9-10-22-18-7-3-1-5-15(16)18/h1-10,25H,11-14H2. The smallest absolute Gasteiger partial charge is 0.257 e. The molecule has 0 bridgehead atoms. The maximum Gasteiger partial charge on any atom is 0.257 e. The summed E-state index contributed by atoms with van der Waals surface area (Å²) in [4.78, 5) is 33.3. The number of pyridine rings is 1. The van der Waals surface area contributed by atoms with Crippen LogP contribution in [0.4, 0.5) is 0 Å². The highest BCUT2D eigenvalue weighted by atomic mass is 16.3. The first-order valence-corrected chi connectivity index (χ1v) is 8.85. The van der Waals surface area contributed by atoms with Crippen LogP contribution in [0.5, 0.6) is 5.75 Å². The maximum atomic E-state index is 13.0. The molecule has 1 N–H and O–H groups in total. The number of fused-ring (bicyclic) bond motifs is 1. The summed E-state index contributed by atoms with van der Waals surface area (Å²) in [6, 6.07) is 15.8. The van der Waals surface area contributed by atoms with Gasteiger partial charge in [-0.1, -0.05) is 30.3 Å². The van der Waals surface area contributed by atoms with Crippen LogP contribution in [0.2, 0.25) is 0 Å². The highest BCUT2D eigenvalue weighted by Gasteiger charge is 2.27. The summed E-state index contributed by atoms with van der Waals surface area (Å²) >= 11 is 0. The van der Waals surface area contributed by atoms with E-state index in [9.17, 15) is 14.7 Å². The molecule has 0 unspecified atom stereocenters. The molecule has 3 aromatic rings. The van der Waals surface area contributed by atoms with E-state index in [0.717, 1.165) is 10.9 Å². The number of hydrogen-bond donors (Lipinski definition) is 1. The Morgan fingerprint density at radius 3 is 2.07 bits per heavy atom. The van der Waals surface area contributed by atoms with Crippen LogP contribution in [0.1, 0.15) is 20.7 Å². The molecule has 1 aliphatic rings. The predicted octanol–water partition coefficient (Wildman–Crippen LogP) is 2.54. The number of para-hydroxylation sites is 2. The summed E-state index contributed by atoms with van der Waals surface area (Å²) in [5, 5.41) is 10.7. The lowest BCUT2D eigenvalue weighted by atomic mass is 10.1. The summed E-state index contributed by atoms with van der Waals surface area (Å²) in [5.41, 5.74) is 1.70. The Bertz CT molecular complexity index is 1000. The Kier molecular flexibility index (Phi) is 4.46. The van der Waals surface area contributed by atoms with E-state index < -0.39 is 0 Å². The lowest BCUT2D eigenvalue weighted by Crippen LogP contribution is -2.50. The van der Waals surface area contributed by atoms with Crippen LogP contribution < -0.4 is 0 Å². The second-order valence-corrected chi connectivity index (χ2v) is 6.48. The van der Waals surface area contributed by atoms with Gasteiger partial charge >= 0.3 is 0 Å². The molecule has 1 aliphatic heterocycles. The molecule has 0 spiro atoms. The third-order valence-corrected chi connectivity index (χ3v) is 4.87. The van der Waals surface area contributed by atoms with Crippen LogP contribution in [0.3, 0.4) is 0 Å². The van der Waals surface area contributed by atoms with E-state index in [1.165, 1.54) is 6.07 Å². The Labute approximate surface area is 156 Å². The summed E-state index contributed by atoms with van der Waals surface area (Å²) in [7, 11) is 0. The number of aromatic nitrogens is 1. The molecule has 2 aromatic carbocycles. The van der Waals surface area contributed by atoms with Gasteiger partial charge in [0.25, 0.3) is 11.8 Å². The Morgan fingerprint density at radius 1 is 0.778 bits per heavy atom. The fourth-order valence-corrected chi connectivity index (χ4v) is 3.39. The number of carbonyl (C=O) groups is 2. The van der Waals surface area contributed by atoms with Gasteiger partial charge in [-0.15, -0.1) is 0 Å². The molecule has 6 heteroatoms. The largest absolute Gasteiger partial charge is 0.507 e. The second-order valence-electron chi connectivity index (χ2n) is 6.48. The normalized spacial score (nSPS) is 14.4. The van der Waals surface area contributed by atoms with Gasteiger partial charge in [0, 0.05) is 37.8 Å². The Hall–Kier alpha value is -3.41. The van der Waals surface area contributed by atoms with Crippen LogP contribution >= 0.6 is 0 Å². The van der Waals surface area contributed by atoms with E-state index in [0.29, 0.717) is 31.7 Å². The average molecular weight is 361 g/mol. The van der Waals surface area contributed by atoms with Crippen molar-refractivity contribution < 1.29 is 14.7 Å². The van der Waals surface area contributed by atoms with E-state index in [-0.39, 0.29) is 23.1 Å². The quantitative estimate of drug-likeness (QED) is 0.761. The van der Waals surface area contributed by atoms with Gasteiger partial charge in [0.15, 0.2) is 0 Å². The zero-order chi connectivity index (χ0) is 18.8. The third-order valence-electron chi connectivity index (χ3n) is 4.87. The summed E-state index contributed by atoms with van der Waals surface area (Å²) in [5.74, 6) is -0.290. The van der Waals surface area contributed by atoms with Crippen molar-refractivity contribution in [3.05, 3.63) is 71.9 Å². The molecule has 136 valence electrons. The number of rotatable bonds is 2. The topological polar surface area (TPSA) is 73.7 Å². The number of phenols is 1. The van der Waals surface area contributed by atoms with Crippen molar-refractivity contribution in [1.82, 2.24) is 14.8 Å². The van der Waals surface area contributed by atoms with Crippen LogP contribution in [0, 0.1) is 0 Å². The summed E-state index contributed by atoms with van der Waals surface area (Å²) in [6.07, 6.45) is 1.65. The zero-order valence-electron chi connectivity index (χ0n) is 14.7. The zero-order valence-corrected chi connectivity index (χ0v) is 14.7. The number of aromatic hydroxyl groups is 1. The minimum absolute atomic E-state index is 0.0238. The first-order chi connectivity index (χ1) is 13.1. The van der Waals surface area contributed by atoms with Gasteiger partial charge in [0.1, 0.15) is 5.75 Å². The Morgan fingerprint density at radius 2 is 1.37 bits per heavy atom. The van der Waals surface area contributed by atoms with Crippen molar-refractivity contribution in [3.63, 3.8) is 0 Å². The number of amides is 2. The van der Waals surface area contributed by atoms with Gasteiger partial charge in [-0.05, 0) is 24.3 Å². The van der Waals surface area contributed by atoms with E-state index in [4.69, 9.17) is 0 Å². The SMILES string of the molecule is O=C(c1ccccc1O)N1CCN(C(=O)c2ccnc3ccccc23)CC1. The lowest BCUT2D eigenvalue weighted by Gasteiger charge is -2.35. The first-order valence-electron chi connectivity index (χ1n) is 8.85. The van der Waals surface area contributed by atoms with E-state index >= 15 is 0 Å². The monoisotopic (exact) mass is 361 g/mol. The van der Waals surface area contributed by atoms with Gasteiger partial charge in [-0.3, -0.25) is 14.6 Å². The molecule has 0 aliphatic carbocycles. The van der Waals surface area contributed by atoms with Crippen molar-refractivity contribution in [3.8, 4) is 5.75 Å². The Balaban J connectivity index is 1.48. The molecule has 27 heavy (non-hydrogen) atoms. The van der Waals surface area contributed by atoms with Gasteiger partial charge in [0.05, 0.1) is 16.6 Å². The molecule has 1 fully saturated rings. The third kappa shape index (κ3) is 3.21. The van der Waals surface area contributed by atoms with Gasteiger partial charge in [0.2, 0.25) is 0 Å². The molecule has 6 nitrogen and oxygen atoms in total. The van der Waals surface area contributed by atoms with Crippen molar-refractivity contribution >= 4 is 22.7 Å². The number of nitrogens with zero attached hydrogens (tertiary/aromatic N) is 3. The minimum atomic E-state index is -0.213. The molecule has 1 saturated heterocycles. The van der Waals surface area contributed by atoms with Gasteiger partial charge < -0.3 is 14.9 Å². The molecule has 2 heterocycles. The van der Waals surface area contributed by atoms with E-state index in [1.807, 2.05) is 24.3 Å². The van der Waals surface area contributed by atoms with E-state index in [1.54, 1.807) is 40.3 Å². The number of phenolic OH excluding ortho intramolecular Hbond substituents is 1. The number of carbonyl (C=O) groups excluding carboxylic acids is 2. The molecule has 4 rings (SSSR count). The molecule has 0 saturated carbocycles.